The number of hydrogen-bond acceptors (Lipinski definition) is 6. The highest BCUT2D eigenvalue weighted by Gasteiger charge is 2.41. The van der Waals surface area contributed by atoms with Gasteiger partial charge in [-0.05, 0) is 36.9 Å². The van der Waals surface area contributed by atoms with Gasteiger partial charge >= 0.3 is 17.9 Å². The van der Waals surface area contributed by atoms with Crippen molar-refractivity contribution in [3.05, 3.63) is 58.6 Å². The number of para-hydroxylation sites is 1. The largest absolute Gasteiger partial charge is 0.481 e. The number of carboxylic acids is 3. The molecule has 0 radical (unpaired) electrons. The third-order valence-corrected chi connectivity index (χ3v) is 5.93. The third kappa shape index (κ3) is 5.62. The molecule has 0 aromatic heterocycles. The Hall–Kier alpha value is -3.14. The zero-order chi connectivity index (χ0) is 24.3. The molecule has 2 heterocycles. The molecule has 0 spiro atoms. The van der Waals surface area contributed by atoms with Crippen LogP contribution < -0.4 is 4.74 Å². The fourth-order valence-electron chi connectivity index (χ4n) is 4.25. The molecule has 0 saturated carbocycles. The Morgan fingerprint density at radius 3 is 2.09 bits per heavy atom. The molecule has 0 bridgehead atoms. The number of halogens is 1. The summed E-state index contributed by atoms with van der Waals surface area (Å²) in [5, 5.41) is 34.6. The molecule has 0 unspecified atom stereocenters. The predicted molar refractivity (Wildman–Crippen MR) is 118 cm³/mol. The van der Waals surface area contributed by atoms with Crippen LogP contribution in [0.2, 0.25) is 5.02 Å². The summed E-state index contributed by atoms with van der Waals surface area (Å²) in [6.45, 7) is 2.12. The van der Waals surface area contributed by atoms with Crippen molar-refractivity contribution in [2.45, 2.75) is 30.3 Å². The quantitative estimate of drug-likeness (QED) is 0.510. The van der Waals surface area contributed by atoms with Gasteiger partial charge in [-0.3, -0.25) is 9.59 Å². The average Bonchev–Trinajstić information content (AvgIpc) is 3.05. The minimum Gasteiger partial charge on any atom is -0.481 e. The van der Waals surface area contributed by atoms with Gasteiger partial charge in [0.15, 0.2) is 5.60 Å². The van der Waals surface area contributed by atoms with Crippen molar-refractivity contribution < 1.29 is 39.5 Å². The Balaban J connectivity index is 0.000000207. The molecule has 9 nitrogen and oxygen atoms in total. The van der Waals surface area contributed by atoms with E-state index in [-0.39, 0.29) is 0 Å². The number of carbonyl (C=O) groups is 3. The van der Waals surface area contributed by atoms with Crippen molar-refractivity contribution in [1.82, 2.24) is 4.90 Å². The van der Waals surface area contributed by atoms with Crippen LogP contribution in [0.15, 0.2) is 42.5 Å². The first kappa shape index (κ1) is 24.5. The maximum absolute atomic E-state index is 10.3. The average molecular weight is 478 g/mol. The van der Waals surface area contributed by atoms with Crippen molar-refractivity contribution in [3.8, 4) is 11.5 Å². The first-order valence-corrected chi connectivity index (χ1v) is 10.5. The number of rotatable bonds is 5. The van der Waals surface area contributed by atoms with Gasteiger partial charge < -0.3 is 30.1 Å². The number of hydrogen-bond donors (Lipinski definition) is 4. The highest BCUT2D eigenvalue weighted by molar-refractivity contribution is 6.30. The van der Waals surface area contributed by atoms with Crippen LogP contribution in [-0.4, -0.2) is 69.0 Å². The lowest BCUT2D eigenvalue weighted by atomic mass is 9.84. The maximum Gasteiger partial charge on any atom is 0.336 e. The molecule has 2 aliphatic heterocycles. The van der Waals surface area contributed by atoms with Crippen molar-refractivity contribution in [3.63, 3.8) is 0 Å². The Morgan fingerprint density at radius 2 is 1.52 bits per heavy atom. The number of likely N-dealkylation sites (tertiary alicyclic amines) is 1. The van der Waals surface area contributed by atoms with Gasteiger partial charge in [0, 0.05) is 35.5 Å². The molecule has 4 N–H and O–H groups in total. The number of carboxylic acid groups (broad SMARTS) is 3. The van der Waals surface area contributed by atoms with Crippen LogP contribution in [-0.2, 0) is 14.4 Å². The SMILES string of the molecule is CN1C[C@@H]2c3ccccc3Oc3ccc(Cl)cc3[C@H]2C1.O=C(O)CC(O)(CC(=O)O)C(=O)O. The fourth-order valence-corrected chi connectivity index (χ4v) is 4.43. The van der Waals surface area contributed by atoms with E-state index >= 15 is 0 Å². The topological polar surface area (TPSA) is 145 Å². The minimum absolute atomic E-state index is 0.456. The van der Waals surface area contributed by atoms with Gasteiger partial charge in [0.25, 0.3) is 0 Å². The molecule has 4 rings (SSSR count). The number of nitrogens with zero attached hydrogens (tertiary/aromatic N) is 1. The maximum atomic E-state index is 10.3. The summed E-state index contributed by atoms with van der Waals surface area (Å²) >= 11 is 6.20. The van der Waals surface area contributed by atoms with E-state index in [9.17, 15) is 14.4 Å². The van der Waals surface area contributed by atoms with E-state index < -0.39 is 36.4 Å². The fraction of sp³-hybridized carbons (Fsp3) is 0.348. The van der Waals surface area contributed by atoms with Crippen molar-refractivity contribution in [2.75, 3.05) is 20.1 Å². The molecule has 0 amide bonds. The van der Waals surface area contributed by atoms with E-state index in [0.717, 1.165) is 29.6 Å². The van der Waals surface area contributed by atoms with E-state index in [2.05, 4.69) is 36.2 Å². The Kier molecular flexibility index (Phi) is 7.26. The van der Waals surface area contributed by atoms with E-state index in [1.807, 2.05) is 18.2 Å². The van der Waals surface area contributed by atoms with E-state index in [4.69, 9.17) is 36.8 Å². The summed E-state index contributed by atoms with van der Waals surface area (Å²) in [6, 6.07) is 14.4. The minimum atomic E-state index is -2.74. The molecular formula is C23H24ClNO8. The molecule has 2 aromatic carbocycles. The van der Waals surface area contributed by atoms with Crippen LogP contribution in [0.5, 0.6) is 11.5 Å². The molecule has 1 fully saturated rings. The van der Waals surface area contributed by atoms with Gasteiger partial charge in [-0.2, -0.15) is 0 Å². The van der Waals surface area contributed by atoms with E-state index in [1.165, 1.54) is 11.1 Å². The van der Waals surface area contributed by atoms with Gasteiger partial charge in [0.2, 0.25) is 0 Å². The second-order valence-electron chi connectivity index (χ2n) is 8.23. The summed E-state index contributed by atoms with van der Waals surface area (Å²) in [7, 11) is 2.18. The molecule has 0 aliphatic carbocycles. The lowest BCUT2D eigenvalue weighted by Gasteiger charge is -2.18. The normalized spacial score (nSPS) is 19.0. The highest BCUT2D eigenvalue weighted by Crippen LogP contribution is 2.49. The number of benzene rings is 2. The number of likely N-dealkylation sites (N-methyl/N-ethyl adjacent to an activating group) is 1. The molecule has 2 aromatic rings. The van der Waals surface area contributed by atoms with Crippen LogP contribution in [0.25, 0.3) is 0 Å². The first-order chi connectivity index (χ1) is 15.5. The molecule has 2 atom stereocenters. The van der Waals surface area contributed by atoms with Gasteiger partial charge in [0.1, 0.15) is 11.5 Å². The van der Waals surface area contributed by atoms with Gasteiger partial charge in [0.05, 0.1) is 12.8 Å². The zero-order valence-corrected chi connectivity index (χ0v) is 18.5. The van der Waals surface area contributed by atoms with Crippen LogP contribution in [0.1, 0.15) is 35.8 Å². The van der Waals surface area contributed by atoms with Gasteiger partial charge in [-0.15, -0.1) is 0 Å². The Bertz CT molecular complexity index is 1060. The molecule has 1 saturated heterocycles. The third-order valence-electron chi connectivity index (χ3n) is 5.70. The number of ether oxygens (including phenoxy) is 1. The summed E-state index contributed by atoms with van der Waals surface area (Å²) in [4.78, 5) is 32.9. The monoisotopic (exact) mass is 477 g/mol. The predicted octanol–water partition coefficient (Wildman–Crippen LogP) is 3.01. The van der Waals surface area contributed by atoms with Crippen LogP contribution in [0, 0.1) is 0 Å². The van der Waals surface area contributed by atoms with Crippen LogP contribution in [0.4, 0.5) is 0 Å². The van der Waals surface area contributed by atoms with E-state index in [1.54, 1.807) is 0 Å². The number of aliphatic carboxylic acids is 3. The second kappa shape index (κ2) is 9.78. The lowest BCUT2D eigenvalue weighted by molar-refractivity contribution is -0.170. The molecular weight excluding hydrogens is 454 g/mol. The van der Waals surface area contributed by atoms with Crippen molar-refractivity contribution in [1.29, 1.82) is 0 Å². The summed E-state index contributed by atoms with van der Waals surface area (Å²) < 4.78 is 6.15. The number of aliphatic hydroxyl groups is 1. The Morgan fingerprint density at radius 1 is 0.970 bits per heavy atom. The molecule has 10 heteroatoms. The summed E-state index contributed by atoms with van der Waals surface area (Å²) in [5.74, 6) is -2.15. The standard InChI is InChI=1S/C17H16ClNO.C6H8O7/c1-19-9-14-12-4-2-3-5-16(12)20-17-7-6-11(18)8-13(17)15(14)10-19;7-3(8)1-6(13,5(11)12)2-4(9)10/h2-8,14-15H,9-10H2,1H3;13H,1-2H2,(H,7,8)(H,9,10)(H,11,12)/t14-,15-;/m1./s1. The lowest BCUT2D eigenvalue weighted by Crippen LogP contribution is -2.42. The first-order valence-electron chi connectivity index (χ1n) is 10.1. The number of fused-ring (bicyclic) bond motifs is 5. The smallest absolute Gasteiger partial charge is 0.336 e. The van der Waals surface area contributed by atoms with Gasteiger partial charge in [-0.1, -0.05) is 29.8 Å². The zero-order valence-electron chi connectivity index (χ0n) is 17.8. The van der Waals surface area contributed by atoms with Crippen LogP contribution in [0.3, 0.4) is 0 Å². The Labute approximate surface area is 194 Å². The molecule has 33 heavy (non-hydrogen) atoms. The van der Waals surface area contributed by atoms with Crippen LogP contribution >= 0.6 is 11.6 Å². The molecule has 176 valence electrons. The highest BCUT2D eigenvalue weighted by atomic mass is 35.5. The van der Waals surface area contributed by atoms with Gasteiger partial charge in [-0.25, -0.2) is 4.79 Å². The van der Waals surface area contributed by atoms with E-state index in [0.29, 0.717) is 11.8 Å². The van der Waals surface area contributed by atoms with Crippen molar-refractivity contribution >= 4 is 29.5 Å². The summed E-state index contributed by atoms with van der Waals surface area (Å²) in [6.07, 6.45) is -2.29. The summed E-state index contributed by atoms with van der Waals surface area (Å²) in [5.41, 5.74) is -0.185. The molecule has 2 aliphatic rings. The van der Waals surface area contributed by atoms with Crippen molar-refractivity contribution in [2.24, 2.45) is 0 Å². The second-order valence-corrected chi connectivity index (χ2v) is 8.67.